The maximum Gasteiger partial charge on any atom is 0.316 e. The number of ether oxygens (including phenoxy) is 1. The number of allylic oxidation sites excluding steroid dienone is 4. The third kappa shape index (κ3) is 5.09. The van der Waals surface area contributed by atoms with Crippen LogP contribution in [0.3, 0.4) is 0 Å². The van der Waals surface area contributed by atoms with Gasteiger partial charge in [-0.1, -0.05) is 59.7 Å². The Balaban J connectivity index is 1.74. The van der Waals surface area contributed by atoms with Crippen LogP contribution in [0.5, 0.6) is 0 Å². The fourth-order valence-corrected chi connectivity index (χ4v) is 6.46. The number of carboxylic acid groups (broad SMARTS) is 1. The zero-order valence-corrected chi connectivity index (χ0v) is 19.9. The average molecular weight is 479 g/mol. The van der Waals surface area contributed by atoms with E-state index in [0.717, 1.165) is 44.1 Å². The third-order valence-corrected chi connectivity index (χ3v) is 8.25. The van der Waals surface area contributed by atoms with Gasteiger partial charge in [-0.15, -0.1) is 0 Å². The first-order chi connectivity index (χ1) is 14.2. The van der Waals surface area contributed by atoms with E-state index >= 15 is 0 Å². The molecule has 0 amide bonds. The molecule has 0 saturated heterocycles. The van der Waals surface area contributed by atoms with E-state index in [4.69, 9.17) is 4.74 Å². The second-order valence-electron chi connectivity index (χ2n) is 9.70. The lowest BCUT2D eigenvalue weighted by atomic mass is 9.61. The van der Waals surface area contributed by atoms with E-state index in [2.05, 4.69) is 48.5 Å². The van der Waals surface area contributed by atoms with E-state index in [0.29, 0.717) is 11.8 Å². The summed E-state index contributed by atoms with van der Waals surface area (Å²) in [6, 6.07) is 0. The molecule has 3 saturated carbocycles. The number of esters is 1. The summed E-state index contributed by atoms with van der Waals surface area (Å²) in [6.07, 6.45) is 12.9. The lowest BCUT2D eigenvalue weighted by molar-refractivity contribution is -0.146. The van der Waals surface area contributed by atoms with Crippen molar-refractivity contribution in [2.45, 2.75) is 77.7 Å². The lowest BCUT2D eigenvalue weighted by Crippen LogP contribution is -2.36. The predicted octanol–water partition coefficient (Wildman–Crippen LogP) is 6.21. The first-order valence-corrected chi connectivity index (χ1v) is 12.4. The number of hydrogen-bond donors (Lipinski definition) is 1. The molecular weight excluding hydrogens is 444 g/mol. The molecule has 5 heteroatoms. The monoisotopic (exact) mass is 478 g/mol. The minimum atomic E-state index is -0.683. The van der Waals surface area contributed by atoms with Crippen molar-refractivity contribution >= 4 is 27.9 Å². The number of carbonyl (C=O) groups excluding carboxylic acids is 1. The predicted molar refractivity (Wildman–Crippen MR) is 122 cm³/mol. The molecule has 0 heterocycles. The molecule has 0 aromatic rings. The first kappa shape index (κ1) is 23.3. The maximum absolute atomic E-state index is 11.6. The fourth-order valence-electron chi connectivity index (χ4n) is 6.33. The zero-order valence-electron chi connectivity index (χ0n) is 18.3. The van der Waals surface area contributed by atoms with Gasteiger partial charge in [0.05, 0.1) is 0 Å². The Hall–Kier alpha value is -1.36. The van der Waals surface area contributed by atoms with E-state index in [1.54, 1.807) is 0 Å². The highest BCUT2D eigenvalue weighted by atomic mass is 79.9. The van der Waals surface area contributed by atoms with Crippen LogP contribution >= 0.6 is 15.9 Å². The van der Waals surface area contributed by atoms with Crippen molar-refractivity contribution in [2.75, 3.05) is 5.33 Å². The largest absolute Gasteiger partial charge is 0.481 e. The molecule has 0 spiro atoms. The van der Waals surface area contributed by atoms with Crippen LogP contribution in [-0.2, 0) is 14.3 Å². The van der Waals surface area contributed by atoms with Crippen molar-refractivity contribution in [3.05, 3.63) is 35.5 Å². The Morgan fingerprint density at radius 1 is 1.30 bits per heavy atom. The van der Waals surface area contributed by atoms with Crippen molar-refractivity contribution in [1.82, 2.24) is 0 Å². The van der Waals surface area contributed by atoms with E-state index in [1.807, 2.05) is 0 Å². The molecular formula is C25H35BrO4. The molecule has 3 aliphatic carbocycles. The summed E-state index contributed by atoms with van der Waals surface area (Å²) in [5.41, 5.74) is 4.06. The molecule has 30 heavy (non-hydrogen) atoms. The van der Waals surface area contributed by atoms with Gasteiger partial charge in [0.2, 0.25) is 0 Å². The van der Waals surface area contributed by atoms with Crippen LogP contribution in [-0.4, -0.2) is 28.5 Å². The van der Waals surface area contributed by atoms with Crippen LogP contribution in [0, 0.1) is 23.2 Å². The van der Waals surface area contributed by atoms with Gasteiger partial charge in [-0.05, 0) is 73.7 Å². The van der Waals surface area contributed by atoms with Crippen molar-refractivity contribution in [3.8, 4) is 0 Å². The van der Waals surface area contributed by atoms with Crippen molar-refractivity contribution < 1.29 is 19.4 Å². The molecule has 0 aromatic heterocycles. The van der Waals surface area contributed by atoms with E-state index in [-0.39, 0.29) is 35.2 Å². The maximum atomic E-state index is 11.6. The molecule has 3 rings (SSSR count). The standard InChI is InChI=1S/C25H35BrO4/c1-16-6-9-20(30-24(29)15-26)14-19(16)8-7-18-5-4-12-25(3)21(10-11-22(18)25)17(2)13-23(27)28/h7-8,17,20-22H,1,4-6,9-15H2,2-3H3,(H,27,28)/t17-,20+,21-,22?,25-/m1/s1. The summed E-state index contributed by atoms with van der Waals surface area (Å²) in [5.74, 6) is 0.353. The third-order valence-electron chi connectivity index (χ3n) is 7.80. The molecule has 0 aromatic carbocycles. The summed E-state index contributed by atoms with van der Waals surface area (Å²) in [5, 5.41) is 9.49. The number of alkyl halides is 1. The Morgan fingerprint density at radius 3 is 2.77 bits per heavy atom. The molecule has 4 nitrogen and oxygen atoms in total. The summed E-state index contributed by atoms with van der Waals surface area (Å²) in [6.45, 7) is 8.74. The highest BCUT2D eigenvalue weighted by Crippen LogP contribution is 2.59. The van der Waals surface area contributed by atoms with Crippen LogP contribution < -0.4 is 0 Å². The molecule has 0 bridgehead atoms. The summed E-state index contributed by atoms with van der Waals surface area (Å²) in [7, 11) is 0. The number of hydrogen-bond acceptors (Lipinski definition) is 3. The van der Waals surface area contributed by atoms with Crippen LogP contribution in [0.4, 0.5) is 0 Å². The van der Waals surface area contributed by atoms with Crippen molar-refractivity contribution in [1.29, 1.82) is 0 Å². The molecule has 3 fully saturated rings. The van der Waals surface area contributed by atoms with Gasteiger partial charge in [0.25, 0.3) is 0 Å². The number of halogens is 1. The number of carbonyl (C=O) groups is 2. The minimum Gasteiger partial charge on any atom is -0.481 e. The van der Waals surface area contributed by atoms with Crippen molar-refractivity contribution in [2.24, 2.45) is 23.2 Å². The second-order valence-corrected chi connectivity index (χ2v) is 10.3. The van der Waals surface area contributed by atoms with Crippen LogP contribution in [0.25, 0.3) is 0 Å². The molecule has 0 radical (unpaired) electrons. The van der Waals surface area contributed by atoms with Gasteiger partial charge in [-0.2, -0.15) is 0 Å². The Morgan fingerprint density at radius 2 is 2.07 bits per heavy atom. The van der Waals surface area contributed by atoms with Gasteiger partial charge in [-0.3, -0.25) is 9.59 Å². The van der Waals surface area contributed by atoms with Crippen molar-refractivity contribution in [3.63, 3.8) is 0 Å². The van der Waals surface area contributed by atoms with Gasteiger partial charge in [-0.25, -0.2) is 0 Å². The second kappa shape index (κ2) is 9.84. The fraction of sp³-hybridized carbons (Fsp3) is 0.680. The van der Waals surface area contributed by atoms with Gasteiger partial charge in [0.1, 0.15) is 11.4 Å². The quantitative estimate of drug-likeness (QED) is 0.363. The zero-order chi connectivity index (χ0) is 21.9. The molecule has 0 aliphatic heterocycles. The summed E-state index contributed by atoms with van der Waals surface area (Å²) in [4.78, 5) is 22.9. The normalized spacial score (nSPS) is 35.3. The van der Waals surface area contributed by atoms with Crippen LogP contribution in [0.1, 0.15) is 71.6 Å². The summed E-state index contributed by atoms with van der Waals surface area (Å²) < 4.78 is 5.53. The molecule has 1 N–H and O–H groups in total. The Bertz CT molecular complexity index is 752. The highest BCUT2D eigenvalue weighted by Gasteiger charge is 2.50. The molecule has 1 unspecified atom stereocenters. The highest BCUT2D eigenvalue weighted by molar-refractivity contribution is 9.09. The molecule has 166 valence electrons. The van der Waals surface area contributed by atoms with Gasteiger partial charge < -0.3 is 9.84 Å². The van der Waals surface area contributed by atoms with E-state index in [1.165, 1.54) is 24.0 Å². The number of rotatable bonds is 6. The van der Waals surface area contributed by atoms with Gasteiger partial charge in [0.15, 0.2) is 0 Å². The van der Waals surface area contributed by atoms with Gasteiger partial charge in [0, 0.05) is 12.8 Å². The van der Waals surface area contributed by atoms with E-state index < -0.39 is 5.97 Å². The average Bonchev–Trinajstić information content (AvgIpc) is 3.05. The number of carboxylic acids is 1. The topological polar surface area (TPSA) is 63.6 Å². The van der Waals surface area contributed by atoms with Crippen LogP contribution in [0.15, 0.2) is 35.5 Å². The molecule has 5 atom stereocenters. The SMILES string of the molecule is C=C1CC[C@H](OC(=O)CBr)CC1=CC=C1CCC[C@@]2(C)C1CC[C@@H]2[C@H](C)CC(=O)O. The lowest BCUT2D eigenvalue weighted by Gasteiger charge is -2.44. The Labute approximate surface area is 189 Å². The summed E-state index contributed by atoms with van der Waals surface area (Å²) >= 11 is 3.16. The van der Waals surface area contributed by atoms with Crippen LogP contribution in [0.2, 0.25) is 0 Å². The van der Waals surface area contributed by atoms with Gasteiger partial charge >= 0.3 is 11.9 Å². The molecule has 3 aliphatic rings. The smallest absolute Gasteiger partial charge is 0.316 e. The number of aliphatic carboxylic acids is 1. The first-order valence-electron chi connectivity index (χ1n) is 11.3. The Kier molecular flexibility index (Phi) is 7.65. The van der Waals surface area contributed by atoms with E-state index in [9.17, 15) is 14.7 Å². The minimum absolute atomic E-state index is 0.0606. The number of fused-ring (bicyclic) bond motifs is 1.